The lowest BCUT2D eigenvalue weighted by Gasteiger charge is -2.36. The molecule has 0 aliphatic carbocycles. The van der Waals surface area contributed by atoms with Crippen LogP contribution in [0.15, 0.2) is 39.9 Å². The lowest BCUT2D eigenvalue weighted by Crippen LogP contribution is -2.47. The van der Waals surface area contributed by atoms with E-state index in [-0.39, 0.29) is 11.5 Å². The molecule has 1 amide bonds. The summed E-state index contributed by atoms with van der Waals surface area (Å²) in [5.41, 5.74) is 1.17. The highest BCUT2D eigenvalue weighted by atomic mass is 16.2. The summed E-state index contributed by atoms with van der Waals surface area (Å²) < 4.78 is 4.25. The standard InChI is InChI=1S/C23H29N7O3/c1-25-20-19(21(32)26(2)23(25)33)30-12-9-18(31)29(22(30)24-20)11-6-10-27-13-15-28(16-14-27)17-7-4-3-5-8-17/h3-5,7-8H,6,9-16H2,1-2H3. The summed E-state index contributed by atoms with van der Waals surface area (Å²) in [6.45, 7) is 5.77. The lowest BCUT2D eigenvalue weighted by atomic mass is 10.2. The Morgan fingerprint density at radius 3 is 2.33 bits per heavy atom. The van der Waals surface area contributed by atoms with E-state index in [1.807, 2.05) is 6.07 Å². The second-order valence-electron chi connectivity index (χ2n) is 8.75. The molecule has 10 heteroatoms. The molecule has 0 bridgehead atoms. The fourth-order valence-corrected chi connectivity index (χ4v) is 4.85. The molecule has 5 rings (SSSR count). The van der Waals surface area contributed by atoms with Crippen LogP contribution < -0.4 is 21.0 Å². The number of para-hydroxylation sites is 1. The van der Waals surface area contributed by atoms with E-state index >= 15 is 0 Å². The van der Waals surface area contributed by atoms with Gasteiger partial charge < -0.3 is 9.47 Å². The van der Waals surface area contributed by atoms with Crippen LogP contribution in [0.25, 0.3) is 11.2 Å². The van der Waals surface area contributed by atoms with E-state index in [9.17, 15) is 14.4 Å². The number of imidazole rings is 1. The molecule has 0 N–H and O–H groups in total. The number of nitrogens with zero attached hydrogens (tertiary/aromatic N) is 7. The van der Waals surface area contributed by atoms with E-state index in [1.54, 1.807) is 16.5 Å². The predicted octanol–water partition coefficient (Wildman–Crippen LogP) is 0.383. The van der Waals surface area contributed by atoms with E-state index in [0.29, 0.717) is 36.6 Å². The molecule has 1 aromatic carbocycles. The topological polar surface area (TPSA) is 88.6 Å². The molecule has 1 fully saturated rings. The van der Waals surface area contributed by atoms with Crippen LogP contribution in [0.2, 0.25) is 0 Å². The van der Waals surface area contributed by atoms with Crippen LogP contribution in [0, 0.1) is 0 Å². The summed E-state index contributed by atoms with van der Waals surface area (Å²) in [7, 11) is 3.07. The number of piperazine rings is 1. The number of anilines is 2. The summed E-state index contributed by atoms with van der Waals surface area (Å²) in [6, 6.07) is 10.5. The number of aryl methyl sites for hydroxylation is 2. The SMILES string of the molecule is Cn1c(=O)c2c(nc3n2CCC(=O)N3CCCN2CCN(c3ccccc3)CC2)n(C)c1=O. The number of amides is 1. The highest BCUT2D eigenvalue weighted by molar-refractivity contribution is 5.95. The van der Waals surface area contributed by atoms with Crippen molar-refractivity contribution in [3.05, 3.63) is 51.2 Å². The van der Waals surface area contributed by atoms with Gasteiger partial charge in [-0.2, -0.15) is 4.98 Å². The maximum atomic E-state index is 12.7. The quantitative estimate of drug-likeness (QED) is 0.558. The van der Waals surface area contributed by atoms with Crippen molar-refractivity contribution < 1.29 is 4.79 Å². The molecule has 0 saturated carbocycles. The monoisotopic (exact) mass is 451 g/mol. The Bertz CT molecular complexity index is 1300. The first-order valence-corrected chi connectivity index (χ1v) is 11.4. The molecule has 10 nitrogen and oxygen atoms in total. The van der Waals surface area contributed by atoms with Gasteiger partial charge in [-0.15, -0.1) is 0 Å². The third kappa shape index (κ3) is 3.74. The second-order valence-corrected chi connectivity index (χ2v) is 8.75. The largest absolute Gasteiger partial charge is 0.369 e. The van der Waals surface area contributed by atoms with E-state index in [1.165, 1.54) is 17.3 Å². The van der Waals surface area contributed by atoms with Gasteiger partial charge in [0, 0.05) is 65.5 Å². The van der Waals surface area contributed by atoms with Gasteiger partial charge >= 0.3 is 5.69 Å². The fraction of sp³-hybridized carbons (Fsp3) is 0.478. The molecule has 3 aromatic rings. The molecule has 1 saturated heterocycles. The van der Waals surface area contributed by atoms with Gasteiger partial charge in [-0.1, -0.05) is 18.2 Å². The van der Waals surface area contributed by atoms with Crippen LogP contribution in [-0.2, 0) is 25.4 Å². The molecule has 2 aromatic heterocycles. The molecular weight excluding hydrogens is 422 g/mol. The van der Waals surface area contributed by atoms with Crippen molar-refractivity contribution in [3.63, 3.8) is 0 Å². The van der Waals surface area contributed by atoms with Gasteiger partial charge in [0.05, 0.1) is 0 Å². The summed E-state index contributed by atoms with van der Waals surface area (Å²) in [4.78, 5) is 48.8. The first kappa shape index (κ1) is 21.4. The van der Waals surface area contributed by atoms with Crippen LogP contribution in [-0.4, -0.2) is 68.8 Å². The Hall–Kier alpha value is -3.40. The van der Waals surface area contributed by atoms with Gasteiger partial charge in [0.2, 0.25) is 11.9 Å². The zero-order valence-corrected chi connectivity index (χ0v) is 19.1. The molecular formula is C23H29N7O3. The maximum absolute atomic E-state index is 12.7. The number of carbonyl (C=O) groups excluding carboxylic acids is 1. The van der Waals surface area contributed by atoms with Gasteiger partial charge in [-0.3, -0.25) is 28.5 Å². The fourth-order valence-electron chi connectivity index (χ4n) is 4.85. The van der Waals surface area contributed by atoms with Crippen molar-refractivity contribution in [2.24, 2.45) is 14.1 Å². The minimum atomic E-state index is -0.421. The Balaban J connectivity index is 1.27. The molecule has 0 unspecified atom stereocenters. The summed E-state index contributed by atoms with van der Waals surface area (Å²) in [5.74, 6) is 0.474. The van der Waals surface area contributed by atoms with Crippen molar-refractivity contribution in [2.45, 2.75) is 19.4 Å². The van der Waals surface area contributed by atoms with Gasteiger partial charge in [0.25, 0.3) is 5.56 Å². The molecule has 33 heavy (non-hydrogen) atoms. The highest BCUT2D eigenvalue weighted by Crippen LogP contribution is 2.25. The Labute approximate surface area is 191 Å². The van der Waals surface area contributed by atoms with Gasteiger partial charge in [-0.05, 0) is 25.1 Å². The number of aromatic nitrogens is 4. The van der Waals surface area contributed by atoms with Crippen LogP contribution in [0.1, 0.15) is 12.8 Å². The Morgan fingerprint density at radius 2 is 1.61 bits per heavy atom. The zero-order chi connectivity index (χ0) is 23.1. The average Bonchev–Trinajstić information content (AvgIpc) is 3.24. The van der Waals surface area contributed by atoms with Crippen molar-refractivity contribution in [1.82, 2.24) is 23.6 Å². The van der Waals surface area contributed by atoms with Crippen LogP contribution in [0.4, 0.5) is 11.6 Å². The molecule has 0 radical (unpaired) electrons. The van der Waals surface area contributed by atoms with Crippen molar-refractivity contribution in [2.75, 3.05) is 49.1 Å². The van der Waals surface area contributed by atoms with E-state index in [4.69, 9.17) is 0 Å². The third-order valence-corrected chi connectivity index (χ3v) is 6.77. The summed E-state index contributed by atoms with van der Waals surface area (Å²) >= 11 is 0. The lowest BCUT2D eigenvalue weighted by molar-refractivity contribution is -0.119. The second kappa shape index (κ2) is 8.51. The Kier molecular flexibility index (Phi) is 5.53. The highest BCUT2D eigenvalue weighted by Gasteiger charge is 2.30. The van der Waals surface area contributed by atoms with Gasteiger partial charge in [0.15, 0.2) is 11.2 Å². The zero-order valence-electron chi connectivity index (χ0n) is 19.1. The van der Waals surface area contributed by atoms with E-state index in [2.05, 4.69) is 39.0 Å². The Morgan fingerprint density at radius 1 is 0.879 bits per heavy atom. The number of benzene rings is 1. The van der Waals surface area contributed by atoms with Gasteiger partial charge in [-0.25, -0.2) is 4.79 Å². The van der Waals surface area contributed by atoms with Crippen LogP contribution in [0.3, 0.4) is 0 Å². The minimum Gasteiger partial charge on any atom is -0.369 e. The first-order chi connectivity index (χ1) is 16.0. The van der Waals surface area contributed by atoms with Crippen molar-refractivity contribution in [3.8, 4) is 0 Å². The molecule has 4 heterocycles. The molecule has 2 aliphatic heterocycles. The predicted molar refractivity (Wildman–Crippen MR) is 127 cm³/mol. The van der Waals surface area contributed by atoms with Crippen molar-refractivity contribution >= 4 is 28.7 Å². The van der Waals surface area contributed by atoms with E-state index in [0.717, 1.165) is 43.7 Å². The van der Waals surface area contributed by atoms with Crippen LogP contribution in [0.5, 0.6) is 0 Å². The summed E-state index contributed by atoms with van der Waals surface area (Å²) in [5, 5.41) is 0. The van der Waals surface area contributed by atoms with E-state index < -0.39 is 5.69 Å². The van der Waals surface area contributed by atoms with Gasteiger partial charge in [0.1, 0.15) is 0 Å². The third-order valence-electron chi connectivity index (χ3n) is 6.77. The number of fused-ring (bicyclic) bond motifs is 3. The number of carbonyl (C=O) groups is 1. The van der Waals surface area contributed by atoms with Crippen LogP contribution >= 0.6 is 0 Å². The summed E-state index contributed by atoms with van der Waals surface area (Å²) in [6.07, 6.45) is 1.14. The molecule has 174 valence electrons. The minimum absolute atomic E-state index is 0.00790. The average molecular weight is 452 g/mol. The molecule has 2 aliphatic rings. The number of hydrogen-bond donors (Lipinski definition) is 0. The first-order valence-electron chi connectivity index (χ1n) is 11.4. The number of hydrogen-bond acceptors (Lipinski definition) is 6. The number of rotatable bonds is 5. The van der Waals surface area contributed by atoms with Crippen molar-refractivity contribution in [1.29, 1.82) is 0 Å². The molecule has 0 atom stereocenters. The molecule has 0 spiro atoms. The smallest absolute Gasteiger partial charge is 0.332 e. The normalized spacial score (nSPS) is 17.1. The maximum Gasteiger partial charge on any atom is 0.332 e.